The third-order valence-corrected chi connectivity index (χ3v) is 2.78. The van der Waals surface area contributed by atoms with Gasteiger partial charge in [-0.3, -0.25) is 0 Å². The SMILES string of the molecule is [CH2]N1CCCC(c2ccccc2)C1. The summed E-state index contributed by atoms with van der Waals surface area (Å²) in [5, 5.41) is 0. The summed E-state index contributed by atoms with van der Waals surface area (Å²) < 4.78 is 0. The molecule has 1 heterocycles. The minimum absolute atomic E-state index is 0.701. The minimum Gasteiger partial charge on any atom is -0.301 e. The van der Waals surface area contributed by atoms with E-state index < -0.39 is 0 Å². The molecule has 0 N–H and O–H groups in total. The standard InChI is InChI=1S/C12H16N/c1-13-9-5-8-12(10-13)11-6-3-2-4-7-11/h2-4,6-7,12H,1,5,8-10H2. The van der Waals surface area contributed by atoms with E-state index in [2.05, 4.69) is 42.3 Å². The highest BCUT2D eigenvalue weighted by Crippen LogP contribution is 2.25. The zero-order valence-electron chi connectivity index (χ0n) is 7.95. The Kier molecular flexibility index (Phi) is 2.65. The largest absolute Gasteiger partial charge is 0.301 e. The van der Waals surface area contributed by atoms with Crippen LogP contribution in [-0.2, 0) is 0 Å². The van der Waals surface area contributed by atoms with Crippen LogP contribution < -0.4 is 0 Å². The second kappa shape index (κ2) is 3.93. The molecule has 0 aliphatic carbocycles. The summed E-state index contributed by atoms with van der Waals surface area (Å²) in [6, 6.07) is 10.8. The van der Waals surface area contributed by atoms with Crippen molar-refractivity contribution in [3.8, 4) is 0 Å². The molecule has 0 bridgehead atoms. The molecule has 69 valence electrons. The Morgan fingerprint density at radius 2 is 2.00 bits per heavy atom. The lowest BCUT2D eigenvalue weighted by atomic mass is 9.91. The van der Waals surface area contributed by atoms with Gasteiger partial charge in [-0.15, -0.1) is 0 Å². The van der Waals surface area contributed by atoms with E-state index in [9.17, 15) is 0 Å². The molecule has 0 saturated carbocycles. The quantitative estimate of drug-likeness (QED) is 0.632. The average molecular weight is 174 g/mol. The fraction of sp³-hybridized carbons (Fsp3) is 0.417. The van der Waals surface area contributed by atoms with Crippen molar-refractivity contribution in [2.24, 2.45) is 0 Å². The monoisotopic (exact) mass is 174 g/mol. The first-order valence-electron chi connectivity index (χ1n) is 4.96. The maximum Gasteiger partial charge on any atom is 0.0110 e. The van der Waals surface area contributed by atoms with Gasteiger partial charge in [0.15, 0.2) is 0 Å². The normalized spacial score (nSPS) is 24.5. The fourth-order valence-corrected chi connectivity index (χ4v) is 2.05. The Balaban J connectivity index is 2.08. The van der Waals surface area contributed by atoms with Gasteiger partial charge < -0.3 is 4.90 Å². The van der Waals surface area contributed by atoms with Gasteiger partial charge in [0.05, 0.1) is 0 Å². The Morgan fingerprint density at radius 3 is 2.69 bits per heavy atom. The summed E-state index contributed by atoms with van der Waals surface area (Å²) in [5.41, 5.74) is 1.47. The van der Waals surface area contributed by atoms with Crippen LogP contribution in [-0.4, -0.2) is 18.0 Å². The van der Waals surface area contributed by atoms with Gasteiger partial charge in [0.25, 0.3) is 0 Å². The highest BCUT2D eigenvalue weighted by molar-refractivity contribution is 5.20. The van der Waals surface area contributed by atoms with Gasteiger partial charge in [0.1, 0.15) is 0 Å². The maximum absolute atomic E-state index is 4.01. The molecule has 0 aromatic heterocycles. The molecule has 0 amide bonds. The highest BCUT2D eigenvalue weighted by Gasteiger charge is 2.17. The van der Waals surface area contributed by atoms with Gasteiger partial charge >= 0.3 is 0 Å². The van der Waals surface area contributed by atoms with Crippen molar-refractivity contribution in [3.63, 3.8) is 0 Å². The van der Waals surface area contributed by atoms with Crippen LogP contribution in [0.2, 0.25) is 0 Å². The first-order valence-corrected chi connectivity index (χ1v) is 4.96. The molecule has 1 nitrogen and oxygen atoms in total. The molecule has 1 atom stereocenters. The third kappa shape index (κ3) is 2.10. The number of piperidine rings is 1. The number of hydrogen-bond donors (Lipinski definition) is 0. The molecule has 1 unspecified atom stereocenters. The predicted octanol–water partition coefficient (Wildman–Crippen LogP) is 2.66. The van der Waals surface area contributed by atoms with Crippen molar-refractivity contribution >= 4 is 0 Å². The molecule has 1 fully saturated rings. The zero-order valence-corrected chi connectivity index (χ0v) is 7.95. The smallest absolute Gasteiger partial charge is 0.0110 e. The van der Waals surface area contributed by atoms with Crippen LogP contribution >= 0.6 is 0 Å². The van der Waals surface area contributed by atoms with Gasteiger partial charge in [-0.2, -0.15) is 0 Å². The molecular weight excluding hydrogens is 158 g/mol. The number of nitrogens with zero attached hydrogens (tertiary/aromatic N) is 1. The van der Waals surface area contributed by atoms with Crippen LogP contribution in [0.25, 0.3) is 0 Å². The summed E-state index contributed by atoms with van der Waals surface area (Å²) in [6.45, 7) is 2.27. The molecular formula is C12H16N. The van der Waals surface area contributed by atoms with Gasteiger partial charge in [0, 0.05) is 13.6 Å². The summed E-state index contributed by atoms with van der Waals surface area (Å²) in [7, 11) is 4.01. The van der Waals surface area contributed by atoms with Crippen LogP contribution in [0.1, 0.15) is 24.3 Å². The fourth-order valence-electron chi connectivity index (χ4n) is 2.05. The van der Waals surface area contributed by atoms with E-state index in [4.69, 9.17) is 0 Å². The summed E-state index contributed by atoms with van der Waals surface area (Å²) in [4.78, 5) is 2.18. The molecule has 1 saturated heterocycles. The van der Waals surface area contributed by atoms with Gasteiger partial charge in [-0.1, -0.05) is 30.3 Å². The molecule has 1 radical (unpaired) electrons. The Hall–Kier alpha value is -0.820. The molecule has 2 rings (SSSR count). The van der Waals surface area contributed by atoms with Crippen molar-refractivity contribution in [2.45, 2.75) is 18.8 Å². The molecule has 1 aromatic carbocycles. The number of rotatable bonds is 1. The van der Waals surface area contributed by atoms with Crippen LogP contribution in [0, 0.1) is 7.05 Å². The Labute approximate surface area is 80.4 Å². The first kappa shape index (κ1) is 8.76. The van der Waals surface area contributed by atoms with Crippen LogP contribution in [0.5, 0.6) is 0 Å². The summed E-state index contributed by atoms with van der Waals surface area (Å²) in [5.74, 6) is 0.701. The molecule has 1 aliphatic heterocycles. The second-order valence-electron chi connectivity index (χ2n) is 3.83. The highest BCUT2D eigenvalue weighted by atomic mass is 15.1. The average Bonchev–Trinajstić information content (AvgIpc) is 2.19. The van der Waals surface area contributed by atoms with E-state index in [1.165, 1.54) is 18.4 Å². The van der Waals surface area contributed by atoms with Gasteiger partial charge in [-0.05, 0) is 30.9 Å². The lowest BCUT2D eigenvalue weighted by molar-refractivity contribution is 0.276. The topological polar surface area (TPSA) is 3.24 Å². The van der Waals surface area contributed by atoms with Crippen molar-refractivity contribution in [3.05, 3.63) is 42.9 Å². The zero-order chi connectivity index (χ0) is 9.10. The van der Waals surface area contributed by atoms with E-state index >= 15 is 0 Å². The van der Waals surface area contributed by atoms with E-state index in [0.29, 0.717) is 5.92 Å². The van der Waals surface area contributed by atoms with Gasteiger partial charge in [0.2, 0.25) is 0 Å². The Morgan fingerprint density at radius 1 is 1.23 bits per heavy atom. The van der Waals surface area contributed by atoms with E-state index in [1.54, 1.807) is 0 Å². The van der Waals surface area contributed by atoms with Crippen molar-refractivity contribution in [1.82, 2.24) is 4.90 Å². The van der Waals surface area contributed by atoms with Crippen molar-refractivity contribution < 1.29 is 0 Å². The molecule has 0 spiro atoms. The molecule has 1 heteroatoms. The lowest BCUT2D eigenvalue weighted by Crippen LogP contribution is -2.29. The third-order valence-electron chi connectivity index (χ3n) is 2.78. The predicted molar refractivity (Wildman–Crippen MR) is 55.3 cm³/mol. The number of likely N-dealkylation sites (tertiary alicyclic amines) is 1. The first-order chi connectivity index (χ1) is 6.36. The van der Waals surface area contributed by atoms with E-state index in [0.717, 1.165) is 13.1 Å². The van der Waals surface area contributed by atoms with Crippen LogP contribution in [0.15, 0.2) is 30.3 Å². The summed E-state index contributed by atoms with van der Waals surface area (Å²) in [6.07, 6.45) is 2.60. The number of benzene rings is 1. The van der Waals surface area contributed by atoms with E-state index in [1.807, 2.05) is 0 Å². The molecule has 1 aromatic rings. The van der Waals surface area contributed by atoms with Gasteiger partial charge in [-0.25, -0.2) is 0 Å². The van der Waals surface area contributed by atoms with Crippen molar-refractivity contribution in [1.29, 1.82) is 0 Å². The Bertz CT molecular complexity index is 255. The maximum atomic E-state index is 4.01. The second-order valence-corrected chi connectivity index (χ2v) is 3.83. The van der Waals surface area contributed by atoms with Crippen molar-refractivity contribution in [2.75, 3.05) is 13.1 Å². The molecule has 1 aliphatic rings. The number of hydrogen-bond acceptors (Lipinski definition) is 1. The minimum atomic E-state index is 0.701. The van der Waals surface area contributed by atoms with Crippen LogP contribution in [0.4, 0.5) is 0 Å². The lowest BCUT2D eigenvalue weighted by Gasteiger charge is -2.29. The van der Waals surface area contributed by atoms with E-state index in [-0.39, 0.29) is 0 Å². The summed E-state index contributed by atoms with van der Waals surface area (Å²) >= 11 is 0. The van der Waals surface area contributed by atoms with Crippen LogP contribution in [0.3, 0.4) is 0 Å². The molecule has 13 heavy (non-hydrogen) atoms.